The van der Waals surface area contributed by atoms with Gasteiger partial charge < -0.3 is 15.6 Å². The second-order valence-electron chi connectivity index (χ2n) is 4.43. The maximum absolute atomic E-state index is 8.86. The van der Waals surface area contributed by atoms with Crippen LogP contribution in [0.3, 0.4) is 0 Å². The zero-order valence-electron chi connectivity index (χ0n) is 9.40. The van der Waals surface area contributed by atoms with E-state index in [2.05, 4.69) is 4.98 Å². The van der Waals surface area contributed by atoms with E-state index in [4.69, 9.17) is 15.6 Å². The van der Waals surface area contributed by atoms with Gasteiger partial charge in [0.05, 0.1) is 12.6 Å². The minimum atomic E-state index is -0.374. The van der Waals surface area contributed by atoms with Crippen LogP contribution in [0.4, 0.5) is 0 Å². The summed E-state index contributed by atoms with van der Waals surface area (Å²) in [6.45, 7) is 1.88. The fraction of sp³-hybridized carbons (Fsp3) is 0.444. The van der Waals surface area contributed by atoms with E-state index in [1.807, 2.05) is 28.7 Å². The van der Waals surface area contributed by atoms with Crippen LogP contribution in [0, 0.1) is 0 Å². The monoisotopic (exact) mass is 206 g/mol. The van der Waals surface area contributed by atoms with E-state index in [0.717, 1.165) is 5.56 Å². The predicted molar refractivity (Wildman–Crippen MR) is 64.4 cm³/mol. The second kappa shape index (κ2) is 4.68. The van der Waals surface area contributed by atoms with Crippen LogP contribution in [0.15, 0.2) is 18.3 Å². The molecule has 1 atom stereocenters. The highest BCUT2D eigenvalue weighted by atomic mass is 16.5. The SMILES string of the molecule is BC(B)(C)Oc1ccc([C@@H](N)CO)cn1. The van der Waals surface area contributed by atoms with Gasteiger partial charge >= 0.3 is 0 Å². The topological polar surface area (TPSA) is 68.4 Å². The molecule has 0 fully saturated rings. The first-order valence-corrected chi connectivity index (χ1v) is 4.94. The van der Waals surface area contributed by atoms with Gasteiger partial charge in [0.15, 0.2) is 0 Å². The molecule has 0 amide bonds. The van der Waals surface area contributed by atoms with Crippen molar-refractivity contribution in [3.63, 3.8) is 0 Å². The Morgan fingerprint density at radius 1 is 1.60 bits per heavy atom. The molecule has 0 bridgehead atoms. The van der Waals surface area contributed by atoms with E-state index < -0.39 is 0 Å². The molecule has 0 aromatic carbocycles. The molecule has 1 rings (SSSR count). The Morgan fingerprint density at radius 2 is 2.27 bits per heavy atom. The van der Waals surface area contributed by atoms with Crippen molar-refractivity contribution in [3.05, 3.63) is 23.9 Å². The molecule has 0 aliphatic carbocycles. The summed E-state index contributed by atoms with van der Waals surface area (Å²) in [6.07, 6.45) is 1.63. The van der Waals surface area contributed by atoms with Gasteiger partial charge in [0.1, 0.15) is 15.7 Å². The smallest absolute Gasteiger partial charge is 0.212 e. The lowest BCUT2D eigenvalue weighted by atomic mass is 9.67. The van der Waals surface area contributed by atoms with Crippen LogP contribution < -0.4 is 10.5 Å². The highest BCUT2D eigenvalue weighted by Crippen LogP contribution is 2.15. The van der Waals surface area contributed by atoms with Gasteiger partial charge in [-0.1, -0.05) is 6.07 Å². The Bertz CT molecular complexity index is 311. The van der Waals surface area contributed by atoms with Gasteiger partial charge in [-0.3, -0.25) is 0 Å². The molecule has 1 aromatic rings. The molecule has 6 heteroatoms. The number of nitrogens with two attached hydrogens (primary N) is 1. The van der Waals surface area contributed by atoms with Crippen LogP contribution in [0.25, 0.3) is 0 Å². The summed E-state index contributed by atoms with van der Waals surface area (Å²) in [5.41, 5.74) is 6.45. The van der Waals surface area contributed by atoms with Crippen molar-refractivity contribution < 1.29 is 9.84 Å². The Kier molecular flexibility index (Phi) is 3.77. The maximum Gasteiger partial charge on any atom is 0.212 e. The van der Waals surface area contributed by atoms with Crippen LogP contribution in [0.2, 0.25) is 0 Å². The first-order chi connectivity index (χ1) is 6.92. The normalized spacial score (nSPS) is 13.5. The van der Waals surface area contributed by atoms with Crippen LogP contribution >= 0.6 is 0 Å². The number of hydrogen-bond acceptors (Lipinski definition) is 4. The molecule has 1 aromatic heterocycles. The summed E-state index contributed by atoms with van der Waals surface area (Å²) in [5.74, 6) is 0.566. The zero-order chi connectivity index (χ0) is 11.5. The van der Waals surface area contributed by atoms with Gasteiger partial charge in [-0.05, 0) is 12.5 Å². The molecule has 0 saturated heterocycles. The largest absolute Gasteiger partial charge is 0.490 e. The highest BCUT2D eigenvalue weighted by molar-refractivity contribution is 6.38. The lowest BCUT2D eigenvalue weighted by Gasteiger charge is -2.20. The lowest BCUT2D eigenvalue weighted by molar-refractivity contribution is 0.249. The molecule has 0 unspecified atom stereocenters. The zero-order valence-corrected chi connectivity index (χ0v) is 9.40. The number of aliphatic hydroxyl groups is 1. The van der Waals surface area contributed by atoms with Crippen molar-refractivity contribution in [1.82, 2.24) is 4.98 Å². The molecule has 0 radical (unpaired) electrons. The fourth-order valence-corrected chi connectivity index (χ4v) is 1.09. The minimum Gasteiger partial charge on any atom is -0.490 e. The Labute approximate surface area is 91.7 Å². The Morgan fingerprint density at radius 3 is 2.67 bits per heavy atom. The van der Waals surface area contributed by atoms with Gasteiger partial charge in [-0.2, -0.15) is 0 Å². The number of ether oxygens (including phenoxy) is 1. The van der Waals surface area contributed by atoms with Gasteiger partial charge in [0.2, 0.25) is 5.88 Å². The van der Waals surface area contributed by atoms with Crippen molar-refractivity contribution in [3.8, 4) is 5.88 Å². The molecule has 0 aliphatic rings. The fourth-order valence-electron chi connectivity index (χ4n) is 1.09. The molecule has 15 heavy (non-hydrogen) atoms. The molecule has 1 heterocycles. The first-order valence-electron chi connectivity index (χ1n) is 4.94. The van der Waals surface area contributed by atoms with Crippen LogP contribution in [0.5, 0.6) is 5.88 Å². The second-order valence-corrected chi connectivity index (χ2v) is 4.43. The number of aliphatic hydroxyl groups excluding tert-OH is 1. The summed E-state index contributed by atoms with van der Waals surface area (Å²) in [5, 5.41) is 8.60. The van der Waals surface area contributed by atoms with Crippen molar-refractivity contribution >= 4 is 15.7 Å². The summed E-state index contributed by atoms with van der Waals surface area (Å²) < 4.78 is 5.56. The van der Waals surface area contributed by atoms with Crippen LogP contribution in [-0.4, -0.2) is 37.8 Å². The van der Waals surface area contributed by atoms with Crippen molar-refractivity contribution in [2.75, 3.05) is 6.61 Å². The summed E-state index contributed by atoms with van der Waals surface area (Å²) >= 11 is 0. The first kappa shape index (κ1) is 12.1. The molecule has 4 nitrogen and oxygen atoms in total. The third-order valence-corrected chi connectivity index (χ3v) is 1.79. The highest BCUT2D eigenvalue weighted by Gasteiger charge is 2.13. The van der Waals surface area contributed by atoms with Gasteiger partial charge in [0, 0.05) is 17.7 Å². The van der Waals surface area contributed by atoms with Gasteiger partial charge in [0.25, 0.3) is 0 Å². The summed E-state index contributed by atoms with van der Waals surface area (Å²) in [6, 6.07) is 3.20. The third-order valence-electron chi connectivity index (χ3n) is 1.79. The number of aromatic nitrogens is 1. The lowest BCUT2D eigenvalue weighted by Crippen LogP contribution is -2.33. The quantitative estimate of drug-likeness (QED) is 0.581. The van der Waals surface area contributed by atoms with Crippen LogP contribution in [-0.2, 0) is 0 Å². The molecule has 3 N–H and O–H groups in total. The number of pyridine rings is 1. The predicted octanol–water partition coefficient (Wildman–Crippen LogP) is -1.61. The van der Waals surface area contributed by atoms with E-state index >= 15 is 0 Å². The molecular weight excluding hydrogens is 190 g/mol. The van der Waals surface area contributed by atoms with Crippen molar-refractivity contribution in [2.24, 2.45) is 5.73 Å². The number of nitrogens with zero attached hydrogens (tertiary/aromatic N) is 1. The minimum absolute atomic E-state index is 0.0822. The van der Waals surface area contributed by atoms with Gasteiger partial charge in [-0.15, -0.1) is 0 Å². The summed E-state index contributed by atoms with van der Waals surface area (Å²) in [4.78, 5) is 4.12. The van der Waals surface area contributed by atoms with E-state index in [-0.39, 0.29) is 18.0 Å². The van der Waals surface area contributed by atoms with Gasteiger partial charge in [-0.25, -0.2) is 4.98 Å². The summed E-state index contributed by atoms with van der Waals surface area (Å²) in [7, 11) is 3.92. The van der Waals surface area contributed by atoms with E-state index in [1.54, 1.807) is 12.3 Å². The van der Waals surface area contributed by atoms with Crippen molar-refractivity contribution in [2.45, 2.75) is 18.4 Å². The number of rotatable bonds is 4. The molecule has 0 spiro atoms. The molecule has 80 valence electrons. The standard InChI is InChI=1S/C9H16B2N2O2/c1-9(10,11)15-8-3-2-6(4-13-8)7(12)5-14/h2-4,7,14H,5,10-12H2,1H3/t7-/m0/s1. The average molecular weight is 206 g/mol. The average Bonchev–Trinajstić information content (AvgIpc) is 2.15. The van der Waals surface area contributed by atoms with Crippen LogP contribution in [0.1, 0.15) is 18.5 Å². The van der Waals surface area contributed by atoms with E-state index in [1.165, 1.54) is 0 Å². The Hall–Kier alpha value is -1.00. The Balaban J connectivity index is 2.72. The number of hydrogen-bond donors (Lipinski definition) is 2. The van der Waals surface area contributed by atoms with E-state index in [0.29, 0.717) is 5.88 Å². The third kappa shape index (κ3) is 3.93. The molecular formula is C9H16B2N2O2. The molecule has 0 aliphatic heterocycles. The maximum atomic E-state index is 8.86. The molecule has 0 saturated carbocycles. The van der Waals surface area contributed by atoms with Crippen molar-refractivity contribution in [1.29, 1.82) is 0 Å². The van der Waals surface area contributed by atoms with E-state index in [9.17, 15) is 0 Å².